The molecule has 0 fully saturated rings. The lowest BCUT2D eigenvalue weighted by atomic mass is 10.1. The molecule has 0 saturated heterocycles. The van der Waals surface area contributed by atoms with Crippen LogP contribution >= 0.6 is 0 Å². The van der Waals surface area contributed by atoms with Crippen LogP contribution in [0.15, 0.2) is 42.6 Å². The van der Waals surface area contributed by atoms with Gasteiger partial charge in [0.2, 0.25) is 0 Å². The van der Waals surface area contributed by atoms with Crippen LogP contribution in [-0.4, -0.2) is 26.5 Å². The zero-order valence-corrected chi connectivity index (χ0v) is 14.3. The maximum Gasteiger partial charge on any atom is 0.256 e. The Morgan fingerprint density at radius 3 is 2.75 bits per heavy atom. The van der Waals surface area contributed by atoms with Gasteiger partial charge in [-0.05, 0) is 45.2 Å². The molecular weight excluding hydrogens is 300 g/mol. The predicted octanol–water partition coefficient (Wildman–Crippen LogP) is 3.10. The Kier molecular flexibility index (Phi) is 4.60. The van der Waals surface area contributed by atoms with E-state index in [1.54, 1.807) is 10.7 Å². The molecule has 2 aromatic heterocycles. The second-order valence-corrected chi connectivity index (χ2v) is 6.23. The summed E-state index contributed by atoms with van der Waals surface area (Å²) >= 11 is 0. The van der Waals surface area contributed by atoms with E-state index in [4.69, 9.17) is 0 Å². The number of hydrogen-bond acceptors (Lipinski definition) is 3. The van der Waals surface area contributed by atoms with Crippen LogP contribution in [0, 0.1) is 13.8 Å². The van der Waals surface area contributed by atoms with Gasteiger partial charge >= 0.3 is 0 Å². The lowest BCUT2D eigenvalue weighted by molar-refractivity contribution is 0.0940. The summed E-state index contributed by atoms with van der Waals surface area (Å²) in [6, 6.07) is 12.3. The molecule has 0 aliphatic heterocycles. The summed E-state index contributed by atoms with van der Waals surface area (Å²) in [4.78, 5) is 17.0. The van der Waals surface area contributed by atoms with Crippen molar-refractivity contribution in [3.63, 3.8) is 0 Å². The van der Waals surface area contributed by atoms with Gasteiger partial charge in [-0.1, -0.05) is 30.3 Å². The van der Waals surface area contributed by atoms with Gasteiger partial charge in [0.05, 0.1) is 6.20 Å². The van der Waals surface area contributed by atoms with Crippen LogP contribution in [0.2, 0.25) is 0 Å². The van der Waals surface area contributed by atoms with Gasteiger partial charge in [-0.15, -0.1) is 0 Å². The van der Waals surface area contributed by atoms with Crippen molar-refractivity contribution >= 4 is 11.6 Å². The number of nitrogens with one attached hydrogen (secondary N) is 1. The molecule has 5 nitrogen and oxygen atoms in total. The first-order valence-corrected chi connectivity index (χ1v) is 8.21. The molecule has 124 valence electrons. The molecule has 2 heterocycles. The van der Waals surface area contributed by atoms with Crippen molar-refractivity contribution in [2.45, 2.75) is 39.7 Å². The van der Waals surface area contributed by atoms with Gasteiger partial charge in [-0.3, -0.25) is 4.79 Å². The van der Waals surface area contributed by atoms with Crippen molar-refractivity contribution in [1.29, 1.82) is 0 Å². The lowest BCUT2D eigenvalue weighted by Gasteiger charge is -2.13. The van der Waals surface area contributed by atoms with Gasteiger partial charge in [0.15, 0.2) is 5.65 Å². The number of amides is 1. The molecule has 0 bridgehead atoms. The molecule has 24 heavy (non-hydrogen) atoms. The molecule has 0 spiro atoms. The Morgan fingerprint density at radius 1 is 1.25 bits per heavy atom. The van der Waals surface area contributed by atoms with E-state index in [9.17, 15) is 4.79 Å². The molecule has 3 rings (SSSR count). The first-order chi connectivity index (χ1) is 11.5. The molecule has 0 saturated carbocycles. The summed E-state index contributed by atoms with van der Waals surface area (Å²) < 4.78 is 1.70. The zero-order valence-electron chi connectivity index (χ0n) is 14.3. The van der Waals surface area contributed by atoms with Crippen LogP contribution in [-0.2, 0) is 6.42 Å². The molecule has 5 heteroatoms. The molecule has 0 aliphatic rings. The summed E-state index contributed by atoms with van der Waals surface area (Å²) in [6.07, 6.45) is 3.42. The highest BCUT2D eigenvalue weighted by atomic mass is 16.1. The monoisotopic (exact) mass is 322 g/mol. The van der Waals surface area contributed by atoms with E-state index in [0.717, 1.165) is 24.2 Å². The molecular formula is C19H22N4O. The number of fused-ring (bicyclic) bond motifs is 1. The van der Waals surface area contributed by atoms with Crippen LogP contribution < -0.4 is 5.32 Å². The minimum absolute atomic E-state index is 0.0820. The number of carbonyl (C=O) groups excluding carboxylic acids is 1. The highest BCUT2D eigenvalue weighted by Crippen LogP contribution is 2.12. The minimum atomic E-state index is -0.122. The van der Waals surface area contributed by atoms with E-state index >= 15 is 0 Å². The summed E-state index contributed by atoms with van der Waals surface area (Å²) in [5.74, 6) is -0.122. The Balaban J connectivity index is 1.68. The SMILES string of the molecule is Cc1cc(C)n2ncc(C(=O)N[C@H](C)CCc3ccccc3)c2n1. The third-order valence-corrected chi connectivity index (χ3v) is 4.11. The fraction of sp³-hybridized carbons (Fsp3) is 0.316. The molecule has 1 aromatic carbocycles. The number of nitrogens with zero attached hydrogens (tertiary/aromatic N) is 3. The van der Waals surface area contributed by atoms with E-state index in [2.05, 4.69) is 27.5 Å². The van der Waals surface area contributed by atoms with Crippen LogP contribution in [0.1, 0.15) is 40.7 Å². The predicted molar refractivity (Wildman–Crippen MR) is 94.2 cm³/mol. The van der Waals surface area contributed by atoms with Gasteiger partial charge in [0.1, 0.15) is 5.56 Å². The van der Waals surface area contributed by atoms with Gasteiger partial charge in [0, 0.05) is 17.4 Å². The highest BCUT2D eigenvalue weighted by Gasteiger charge is 2.17. The van der Waals surface area contributed by atoms with Crippen molar-refractivity contribution < 1.29 is 4.79 Å². The molecule has 0 unspecified atom stereocenters. The summed E-state index contributed by atoms with van der Waals surface area (Å²) in [5, 5.41) is 7.33. The molecule has 1 atom stereocenters. The van der Waals surface area contributed by atoms with Gasteiger partial charge < -0.3 is 5.32 Å². The van der Waals surface area contributed by atoms with Gasteiger partial charge in [-0.2, -0.15) is 5.10 Å². The largest absolute Gasteiger partial charge is 0.349 e. The van der Waals surface area contributed by atoms with Crippen molar-refractivity contribution in [3.05, 3.63) is 65.1 Å². The van der Waals surface area contributed by atoms with Crippen LogP contribution in [0.3, 0.4) is 0 Å². The molecule has 1 amide bonds. The van der Waals surface area contributed by atoms with Crippen LogP contribution in [0.5, 0.6) is 0 Å². The average Bonchev–Trinajstić information content (AvgIpc) is 2.98. The third-order valence-electron chi connectivity index (χ3n) is 4.11. The van der Waals surface area contributed by atoms with E-state index in [-0.39, 0.29) is 11.9 Å². The fourth-order valence-corrected chi connectivity index (χ4v) is 2.83. The second kappa shape index (κ2) is 6.83. The van der Waals surface area contributed by atoms with Crippen LogP contribution in [0.25, 0.3) is 5.65 Å². The van der Waals surface area contributed by atoms with Crippen molar-refractivity contribution in [2.75, 3.05) is 0 Å². The smallest absolute Gasteiger partial charge is 0.256 e. The Morgan fingerprint density at radius 2 is 2.00 bits per heavy atom. The summed E-state index contributed by atoms with van der Waals surface area (Å²) in [5.41, 5.74) is 4.26. The van der Waals surface area contributed by atoms with Crippen molar-refractivity contribution in [3.8, 4) is 0 Å². The number of carbonyl (C=O) groups is 1. The van der Waals surface area contributed by atoms with Crippen LogP contribution in [0.4, 0.5) is 0 Å². The highest BCUT2D eigenvalue weighted by molar-refractivity contribution is 5.99. The third kappa shape index (κ3) is 3.45. The summed E-state index contributed by atoms with van der Waals surface area (Å²) in [7, 11) is 0. The number of aromatic nitrogens is 3. The normalized spacial score (nSPS) is 12.3. The molecule has 0 radical (unpaired) electrons. The summed E-state index contributed by atoms with van der Waals surface area (Å²) in [6.45, 7) is 5.90. The van der Waals surface area contributed by atoms with Gasteiger partial charge in [0.25, 0.3) is 5.91 Å². The zero-order chi connectivity index (χ0) is 17.1. The Hall–Kier alpha value is -2.69. The maximum absolute atomic E-state index is 12.6. The van der Waals surface area contributed by atoms with E-state index in [0.29, 0.717) is 11.2 Å². The Labute approximate surface area is 141 Å². The van der Waals surface area contributed by atoms with Crippen molar-refractivity contribution in [1.82, 2.24) is 19.9 Å². The average molecular weight is 322 g/mol. The number of rotatable bonds is 5. The Bertz CT molecular complexity index is 854. The second-order valence-electron chi connectivity index (χ2n) is 6.23. The van der Waals surface area contributed by atoms with E-state index in [1.807, 2.05) is 45.0 Å². The number of hydrogen-bond donors (Lipinski definition) is 1. The molecule has 0 aliphatic carbocycles. The first kappa shape index (κ1) is 16.2. The lowest BCUT2D eigenvalue weighted by Crippen LogP contribution is -2.32. The quantitative estimate of drug-likeness (QED) is 0.785. The van der Waals surface area contributed by atoms with Gasteiger partial charge in [-0.25, -0.2) is 9.50 Å². The minimum Gasteiger partial charge on any atom is -0.349 e. The maximum atomic E-state index is 12.6. The molecule has 1 N–H and O–H groups in total. The van der Waals surface area contributed by atoms with Crippen molar-refractivity contribution in [2.24, 2.45) is 0 Å². The first-order valence-electron chi connectivity index (χ1n) is 8.21. The number of benzene rings is 1. The fourth-order valence-electron chi connectivity index (χ4n) is 2.83. The number of aryl methyl sites for hydroxylation is 3. The standard InChI is InChI=1S/C19H22N4O/c1-13(9-10-16-7-5-4-6-8-16)22-19(24)17-12-20-23-15(3)11-14(2)21-18(17)23/h4-8,11-13H,9-10H2,1-3H3,(H,22,24)/t13-/m1/s1. The van der Waals surface area contributed by atoms with E-state index < -0.39 is 0 Å². The van der Waals surface area contributed by atoms with E-state index in [1.165, 1.54) is 5.56 Å². The molecule has 3 aromatic rings. The topological polar surface area (TPSA) is 59.3 Å².